The van der Waals surface area contributed by atoms with E-state index < -0.39 is 8.07 Å². The lowest BCUT2D eigenvalue weighted by atomic mass is 9.80. The van der Waals surface area contributed by atoms with Crippen LogP contribution in [0.5, 0.6) is 11.5 Å². The van der Waals surface area contributed by atoms with Crippen molar-refractivity contribution in [3.05, 3.63) is 161 Å². The topological polar surface area (TPSA) is 33.5 Å². The Morgan fingerprint density at radius 2 is 1.12 bits per heavy atom. The van der Waals surface area contributed by atoms with E-state index in [0.717, 1.165) is 28.5 Å². The number of hydrogen-bond donors (Lipinski definition) is 0. The third-order valence-corrected chi connectivity index (χ3v) is 15.3. The predicted molar refractivity (Wildman–Crippen MR) is 281 cm³/mol. The van der Waals surface area contributed by atoms with Gasteiger partial charge >= 0.3 is 0 Å². The molecule has 0 aliphatic carbocycles. The molecule has 0 saturated carbocycles. The molecule has 1 aliphatic rings. The molecule has 0 N–H and O–H groups in total. The van der Waals surface area contributed by atoms with E-state index >= 15 is 0 Å². The van der Waals surface area contributed by atoms with Gasteiger partial charge in [0.15, 0.2) is 0 Å². The first-order valence-corrected chi connectivity index (χ1v) is 26.8. The van der Waals surface area contributed by atoms with Gasteiger partial charge in [0.1, 0.15) is 24.0 Å². The van der Waals surface area contributed by atoms with Crippen LogP contribution in [0, 0.1) is 13.8 Å². The number of para-hydroxylation sites is 2. The van der Waals surface area contributed by atoms with Crippen LogP contribution in [0.3, 0.4) is 0 Å². The van der Waals surface area contributed by atoms with E-state index in [1.54, 1.807) is 0 Å². The SMILES string of the molecule is Cc1cc(C(C)(C)C)cc(C)c1-c1ccnc(-n2c3cc(Oc4cccc(N5CN(c6cc(C(C)(C)C)cc(C(C)(C)C)c6)c6ccccc65)c4)ccc3c3c([Si](C)(C)C)cccc32)c1. The number of nitrogens with zero attached hydrogens (tertiary/aromatic N) is 4. The Balaban J connectivity index is 1.11. The number of aryl methyl sites for hydroxylation is 2. The van der Waals surface area contributed by atoms with Crippen molar-refractivity contribution in [3.63, 3.8) is 0 Å². The Labute approximate surface area is 388 Å². The van der Waals surface area contributed by atoms with Crippen LogP contribution < -0.4 is 19.7 Å². The first kappa shape index (κ1) is 44.1. The second-order valence-corrected chi connectivity index (χ2v) is 27.5. The maximum Gasteiger partial charge on any atom is 0.138 e. The van der Waals surface area contributed by atoms with Crippen LogP contribution in [-0.2, 0) is 16.2 Å². The number of aromatic nitrogens is 2. The van der Waals surface area contributed by atoms with E-state index in [4.69, 9.17) is 9.72 Å². The fraction of sp³-hybridized carbons (Fsp3) is 0.305. The fourth-order valence-corrected chi connectivity index (χ4v) is 11.3. The van der Waals surface area contributed by atoms with Gasteiger partial charge in [-0.05, 0) is 136 Å². The average molecular weight is 875 g/mol. The molecule has 0 amide bonds. The smallest absolute Gasteiger partial charge is 0.138 e. The first-order chi connectivity index (χ1) is 30.6. The van der Waals surface area contributed by atoms with Gasteiger partial charge in [0, 0.05) is 40.5 Å². The van der Waals surface area contributed by atoms with E-state index in [0.29, 0.717) is 6.67 Å². The molecule has 0 bridgehead atoms. The highest BCUT2D eigenvalue weighted by atomic mass is 28.3. The minimum atomic E-state index is -1.74. The Morgan fingerprint density at radius 1 is 0.538 bits per heavy atom. The zero-order valence-corrected chi connectivity index (χ0v) is 42.1. The Bertz CT molecular complexity index is 3070. The largest absolute Gasteiger partial charge is 0.457 e. The molecule has 0 radical (unpaired) electrons. The molecule has 65 heavy (non-hydrogen) atoms. The summed E-state index contributed by atoms with van der Waals surface area (Å²) in [6.07, 6.45) is 1.97. The van der Waals surface area contributed by atoms with E-state index in [-0.39, 0.29) is 16.2 Å². The third-order valence-electron chi connectivity index (χ3n) is 13.3. The van der Waals surface area contributed by atoms with Gasteiger partial charge in [0.25, 0.3) is 0 Å². The van der Waals surface area contributed by atoms with Crippen LogP contribution in [0.4, 0.5) is 22.7 Å². The zero-order valence-electron chi connectivity index (χ0n) is 41.1. The van der Waals surface area contributed by atoms with E-state index in [9.17, 15) is 0 Å². The normalized spacial score (nSPS) is 13.6. The number of fused-ring (bicyclic) bond motifs is 4. The summed E-state index contributed by atoms with van der Waals surface area (Å²) in [6, 6.07) is 47.0. The van der Waals surface area contributed by atoms with Crippen LogP contribution in [0.15, 0.2) is 134 Å². The second-order valence-electron chi connectivity index (χ2n) is 22.5. The summed E-state index contributed by atoms with van der Waals surface area (Å²) in [4.78, 5) is 9.95. The molecule has 6 aromatic carbocycles. The van der Waals surface area contributed by atoms with Gasteiger partial charge in [0.2, 0.25) is 0 Å². The van der Waals surface area contributed by atoms with Gasteiger partial charge in [-0.1, -0.05) is 136 Å². The van der Waals surface area contributed by atoms with Gasteiger partial charge in [-0.3, -0.25) is 4.57 Å². The molecule has 0 atom stereocenters. The highest BCUT2D eigenvalue weighted by Gasteiger charge is 2.31. The number of benzene rings is 6. The number of ether oxygens (including phenoxy) is 1. The molecule has 0 unspecified atom stereocenters. The molecule has 5 nitrogen and oxygen atoms in total. The number of pyridine rings is 1. The third kappa shape index (κ3) is 8.27. The maximum atomic E-state index is 6.87. The molecule has 6 heteroatoms. The van der Waals surface area contributed by atoms with Crippen molar-refractivity contribution in [1.29, 1.82) is 0 Å². The van der Waals surface area contributed by atoms with Crippen molar-refractivity contribution in [2.24, 2.45) is 0 Å². The van der Waals surface area contributed by atoms with Crippen LogP contribution in [0.2, 0.25) is 19.6 Å². The highest BCUT2D eigenvalue weighted by Crippen LogP contribution is 2.47. The van der Waals surface area contributed by atoms with Crippen molar-refractivity contribution in [2.75, 3.05) is 16.5 Å². The second kappa shape index (κ2) is 15.8. The molecule has 8 aromatic rings. The summed E-state index contributed by atoms with van der Waals surface area (Å²) in [5.74, 6) is 2.47. The average Bonchev–Trinajstić information content (AvgIpc) is 3.78. The monoisotopic (exact) mass is 875 g/mol. The minimum Gasteiger partial charge on any atom is -0.457 e. The van der Waals surface area contributed by atoms with Crippen LogP contribution in [0.1, 0.15) is 90.1 Å². The predicted octanol–water partition coefficient (Wildman–Crippen LogP) is 15.9. The van der Waals surface area contributed by atoms with Gasteiger partial charge in [-0.15, -0.1) is 0 Å². The zero-order chi connectivity index (χ0) is 46.4. The molecule has 0 saturated heterocycles. The highest BCUT2D eigenvalue weighted by molar-refractivity contribution is 6.90. The van der Waals surface area contributed by atoms with Crippen molar-refractivity contribution < 1.29 is 4.74 Å². The first-order valence-electron chi connectivity index (χ1n) is 23.3. The van der Waals surface area contributed by atoms with Crippen molar-refractivity contribution in [3.8, 4) is 28.4 Å². The van der Waals surface area contributed by atoms with Crippen LogP contribution in [-0.4, -0.2) is 24.3 Å². The standard InChI is InChI=1S/C59H66N4OSi/c1-38-29-41(57(3,4)5)30-39(2)55(38)40-27-28-60-54(31-40)63-51-23-18-24-53(65(12,13)14)56(51)48-26-25-47(36-52(48)63)64-46-20-17-19-44(35-46)61-37-62(50-22-16-15-21-49(50)61)45-33-42(58(6,7)8)32-43(34-45)59(9,10)11/h15-36H,37H2,1-14H3. The summed E-state index contributed by atoms with van der Waals surface area (Å²) in [6.45, 7) is 33.2. The summed E-state index contributed by atoms with van der Waals surface area (Å²) in [7, 11) is -1.74. The molecule has 3 heterocycles. The maximum absolute atomic E-state index is 6.87. The molecule has 1 aliphatic heterocycles. The summed E-state index contributed by atoms with van der Waals surface area (Å²) < 4.78 is 9.23. The quantitative estimate of drug-likeness (QED) is 0.149. The molecule has 332 valence electrons. The van der Waals surface area contributed by atoms with Crippen LogP contribution >= 0.6 is 0 Å². The lowest BCUT2D eigenvalue weighted by molar-refractivity contribution is 0.483. The Kier molecular flexibility index (Phi) is 10.7. The van der Waals surface area contributed by atoms with E-state index in [1.807, 2.05) is 6.20 Å². The van der Waals surface area contributed by atoms with Crippen LogP contribution in [0.25, 0.3) is 38.8 Å². The lowest BCUT2D eigenvalue weighted by Crippen LogP contribution is -2.37. The molecular formula is C59H66N4OSi. The Morgan fingerprint density at radius 3 is 1.74 bits per heavy atom. The minimum absolute atomic E-state index is 0.0202. The number of hydrogen-bond acceptors (Lipinski definition) is 4. The number of anilines is 4. The molecule has 0 fully saturated rings. The van der Waals surface area contributed by atoms with E-state index in [1.165, 1.54) is 77.5 Å². The van der Waals surface area contributed by atoms with Gasteiger partial charge in [0.05, 0.1) is 30.5 Å². The molecule has 9 rings (SSSR count). The molecule has 2 aromatic heterocycles. The van der Waals surface area contributed by atoms with Crippen molar-refractivity contribution in [1.82, 2.24) is 9.55 Å². The van der Waals surface area contributed by atoms with Gasteiger partial charge in [-0.25, -0.2) is 4.98 Å². The number of rotatable bonds is 7. The van der Waals surface area contributed by atoms with Gasteiger partial charge < -0.3 is 14.5 Å². The lowest BCUT2D eigenvalue weighted by Gasteiger charge is -2.29. The fourth-order valence-electron chi connectivity index (χ4n) is 9.67. The van der Waals surface area contributed by atoms with E-state index in [2.05, 4.69) is 238 Å². The Hall–Kier alpha value is -6.11. The summed E-state index contributed by atoms with van der Waals surface area (Å²) in [5, 5.41) is 3.97. The summed E-state index contributed by atoms with van der Waals surface area (Å²) in [5.41, 5.74) is 16.1. The molecular weight excluding hydrogens is 809 g/mol. The van der Waals surface area contributed by atoms with Gasteiger partial charge in [-0.2, -0.15) is 0 Å². The molecule has 0 spiro atoms. The van der Waals surface area contributed by atoms with Crippen molar-refractivity contribution in [2.45, 2.75) is 112 Å². The summed E-state index contributed by atoms with van der Waals surface area (Å²) >= 11 is 0. The van der Waals surface area contributed by atoms with Crippen molar-refractivity contribution >= 4 is 57.8 Å².